The highest BCUT2D eigenvalue weighted by molar-refractivity contribution is 6.07. The summed E-state index contributed by atoms with van der Waals surface area (Å²) in [6.07, 6.45) is 3.16. The molecular formula is C39H34N6O6. The van der Waals surface area contributed by atoms with Crippen molar-refractivity contribution >= 4 is 28.4 Å². The lowest BCUT2D eigenvalue weighted by molar-refractivity contribution is -0.139. The summed E-state index contributed by atoms with van der Waals surface area (Å²) in [4.78, 5) is 40.4. The van der Waals surface area contributed by atoms with Crippen molar-refractivity contribution in [1.29, 1.82) is 0 Å². The number of aliphatic hydroxyl groups is 1. The quantitative estimate of drug-likeness (QED) is 0.161. The van der Waals surface area contributed by atoms with Crippen LogP contribution in [-0.4, -0.2) is 49.7 Å². The number of H-pyrrole nitrogens is 1. The van der Waals surface area contributed by atoms with E-state index in [1.807, 2.05) is 50.4 Å². The Bertz CT molecular complexity index is 2470. The SMILES string of the molecule is CC(C)[C@@H]1NC(=O)C(NC(=O)C(C)(C)O)Cc2ccc3c(c2)C24c5cccc(c5NC2O3)-c2cccc3[nH]cc(c23)-c2cnc(o2)-c2nc1oc24. The van der Waals surface area contributed by atoms with Crippen LogP contribution in [0.2, 0.25) is 0 Å². The smallest absolute Gasteiger partial charge is 0.252 e. The Balaban J connectivity index is 1.30. The number of hydrogen-bond acceptors (Lipinski definition) is 9. The number of oxazole rings is 2. The minimum atomic E-state index is -1.70. The third-order valence-corrected chi connectivity index (χ3v) is 10.7. The van der Waals surface area contributed by atoms with Crippen molar-refractivity contribution in [1.82, 2.24) is 25.6 Å². The van der Waals surface area contributed by atoms with E-state index < -0.39 is 41.1 Å². The first-order valence-electron chi connectivity index (χ1n) is 17.1. The molecular weight excluding hydrogens is 648 g/mol. The van der Waals surface area contributed by atoms with Gasteiger partial charge in [0.1, 0.15) is 28.8 Å². The topological polar surface area (TPSA) is 168 Å². The number of fused-ring (bicyclic) bond motifs is 7. The van der Waals surface area contributed by atoms with E-state index >= 15 is 0 Å². The Morgan fingerprint density at radius 1 is 1.04 bits per heavy atom. The maximum Gasteiger partial charge on any atom is 0.252 e. The fourth-order valence-corrected chi connectivity index (χ4v) is 8.19. The molecule has 12 heteroatoms. The fraction of sp³-hybridized carbons (Fsp3) is 0.282. The zero-order valence-electron chi connectivity index (χ0n) is 28.3. The predicted octanol–water partition coefficient (Wildman–Crippen LogP) is 5.56. The Kier molecular flexibility index (Phi) is 5.94. The lowest BCUT2D eigenvalue weighted by Gasteiger charge is -2.29. The summed E-state index contributed by atoms with van der Waals surface area (Å²) >= 11 is 0. The van der Waals surface area contributed by atoms with Gasteiger partial charge in [-0.1, -0.05) is 56.3 Å². The van der Waals surface area contributed by atoms with E-state index in [1.54, 1.807) is 6.20 Å². The number of ether oxygens (including phenoxy) is 1. The van der Waals surface area contributed by atoms with Crippen LogP contribution in [0.3, 0.4) is 0 Å². The molecule has 3 unspecified atom stereocenters. The standard InChI is InChI=1S/C39H34N6O6/c1-17(2)29-35-44-31-32(51-35)39-22-9-5-8-20(19-7-6-10-24-28(19)21(15-40-24)27-16-41-34(31)49-27)30(22)45-37(39)50-26-12-11-18(13-23(26)39)14-25(33(46)43-29)42-36(47)38(3,4)48/h5-13,15-17,25,29,37,40,45,48H,14H2,1-4H3,(H,42,47)(H,43,46)/t25?,29-,37?,39?/m0/s1. The summed E-state index contributed by atoms with van der Waals surface area (Å²) in [5.41, 5.74) is 4.89. The molecule has 4 atom stereocenters. The molecule has 1 spiro atoms. The van der Waals surface area contributed by atoms with Crippen LogP contribution >= 0.6 is 0 Å². The van der Waals surface area contributed by atoms with Gasteiger partial charge in [-0.05, 0) is 43.0 Å². The average molecular weight is 683 g/mol. The van der Waals surface area contributed by atoms with Gasteiger partial charge in [-0.2, -0.15) is 0 Å². The second-order valence-corrected chi connectivity index (χ2v) is 14.7. The number of amides is 2. The van der Waals surface area contributed by atoms with Gasteiger partial charge in [-0.15, -0.1) is 0 Å². The van der Waals surface area contributed by atoms with E-state index in [4.69, 9.17) is 23.5 Å². The largest absolute Gasteiger partial charge is 0.469 e. The third kappa shape index (κ3) is 4.04. The Morgan fingerprint density at radius 3 is 2.69 bits per heavy atom. The van der Waals surface area contributed by atoms with Crippen molar-refractivity contribution in [2.75, 3.05) is 5.32 Å². The van der Waals surface area contributed by atoms with Gasteiger partial charge in [-0.25, -0.2) is 9.97 Å². The first kappa shape index (κ1) is 30.0. The van der Waals surface area contributed by atoms with Gasteiger partial charge in [-0.3, -0.25) is 9.59 Å². The lowest BCUT2D eigenvalue weighted by atomic mass is 9.72. The number of anilines is 1. The van der Waals surface area contributed by atoms with Crippen LogP contribution in [0.25, 0.3) is 44.9 Å². The van der Waals surface area contributed by atoms with E-state index in [0.717, 1.165) is 50.0 Å². The summed E-state index contributed by atoms with van der Waals surface area (Å²) in [6.45, 7) is 6.70. The summed E-state index contributed by atoms with van der Waals surface area (Å²) in [5, 5.41) is 21.2. The van der Waals surface area contributed by atoms with Crippen LogP contribution < -0.4 is 20.7 Å². The van der Waals surface area contributed by atoms with Crippen molar-refractivity contribution in [2.45, 2.75) is 63.4 Å². The van der Waals surface area contributed by atoms with E-state index in [0.29, 0.717) is 23.0 Å². The molecule has 12 nitrogen and oxygen atoms in total. The fourth-order valence-electron chi connectivity index (χ4n) is 8.19. The normalized spacial score (nSPS) is 22.4. The highest BCUT2D eigenvalue weighted by Gasteiger charge is 2.61. The Hall–Kier alpha value is -5.88. The van der Waals surface area contributed by atoms with Gasteiger partial charge in [0.25, 0.3) is 5.91 Å². The molecule has 0 radical (unpaired) electrons. The van der Waals surface area contributed by atoms with Crippen LogP contribution in [0.5, 0.6) is 5.75 Å². The van der Waals surface area contributed by atoms with Crippen molar-refractivity contribution in [3.05, 3.63) is 95.3 Å². The van der Waals surface area contributed by atoms with Crippen molar-refractivity contribution < 1.29 is 28.3 Å². The molecule has 51 heavy (non-hydrogen) atoms. The number of para-hydroxylation sites is 1. The van der Waals surface area contributed by atoms with Gasteiger partial charge in [0, 0.05) is 51.5 Å². The molecule has 0 aliphatic carbocycles. The monoisotopic (exact) mass is 682 g/mol. The van der Waals surface area contributed by atoms with Crippen LogP contribution in [0.1, 0.15) is 62.1 Å². The number of aromatic amines is 1. The van der Waals surface area contributed by atoms with Gasteiger partial charge in [0.2, 0.25) is 17.7 Å². The van der Waals surface area contributed by atoms with Gasteiger partial charge < -0.3 is 39.6 Å². The molecule has 256 valence electrons. The second kappa shape index (κ2) is 10.1. The molecule has 3 aromatic heterocycles. The van der Waals surface area contributed by atoms with Crippen LogP contribution in [0.4, 0.5) is 5.69 Å². The summed E-state index contributed by atoms with van der Waals surface area (Å²) in [7, 11) is 0. The number of benzene rings is 3. The van der Waals surface area contributed by atoms with E-state index in [2.05, 4.69) is 45.2 Å². The number of nitrogens with zero attached hydrogens (tertiary/aromatic N) is 2. The maximum absolute atomic E-state index is 14.1. The number of nitrogens with one attached hydrogen (secondary N) is 4. The molecule has 7 heterocycles. The molecule has 6 aromatic rings. The zero-order chi connectivity index (χ0) is 35.0. The number of carbonyl (C=O) groups is 2. The number of hydrogen-bond donors (Lipinski definition) is 5. The van der Waals surface area contributed by atoms with Crippen molar-refractivity contribution in [3.8, 4) is 39.8 Å². The molecule has 5 N–H and O–H groups in total. The Labute approximate surface area is 291 Å². The average Bonchev–Trinajstić information content (AvgIpc) is 3.91. The molecule has 0 saturated heterocycles. The summed E-state index contributed by atoms with van der Waals surface area (Å²) in [6, 6.07) is 16.5. The van der Waals surface area contributed by atoms with Crippen LogP contribution in [0, 0.1) is 5.92 Å². The van der Waals surface area contributed by atoms with E-state index in [1.165, 1.54) is 13.8 Å². The summed E-state index contributed by atoms with van der Waals surface area (Å²) in [5.74, 6) is 0.954. The highest BCUT2D eigenvalue weighted by atomic mass is 16.5. The summed E-state index contributed by atoms with van der Waals surface area (Å²) < 4.78 is 20.3. The van der Waals surface area contributed by atoms with Crippen molar-refractivity contribution in [2.24, 2.45) is 5.92 Å². The van der Waals surface area contributed by atoms with E-state index in [-0.39, 0.29) is 24.1 Å². The van der Waals surface area contributed by atoms with Gasteiger partial charge in [0.15, 0.2) is 23.4 Å². The third-order valence-electron chi connectivity index (χ3n) is 10.7. The zero-order valence-corrected chi connectivity index (χ0v) is 28.3. The molecule has 4 aliphatic rings. The second-order valence-electron chi connectivity index (χ2n) is 14.7. The highest BCUT2D eigenvalue weighted by Crippen LogP contribution is 2.61. The first-order valence-corrected chi connectivity index (χ1v) is 17.1. The molecule has 3 aromatic carbocycles. The minimum absolute atomic E-state index is 0.160. The molecule has 10 rings (SSSR count). The number of rotatable bonds is 3. The minimum Gasteiger partial charge on any atom is -0.469 e. The number of carbonyl (C=O) groups excluding carboxylic acids is 2. The molecule has 0 fully saturated rings. The molecule has 4 aliphatic heterocycles. The van der Waals surface area contributed by atoms with E-state index in [9.17, 15) is 14.7 Å². The Morgan fingerprint density at radius 2 is 1.86 bits per heavy atom. The number of aromatic nitrogens is 3. The first-order chi connectivity index (χ1) is 24.5. The van der Waals surface area contributed by atoms with Gasteiger partial charge in [0.05, 0.1) is 6.20 Å². The maximum atomic E-state index is 14.1. The van der Waals surface area contributed by atoms with Gasteiger partial charge >= 0.3 is 0 Å². The molecule has 10 bridgehead atoms. The van der Waals surface area contributed by atoms with Crippen LogP contribution in [-0.2, 0) is 21.4 Å². The lowest BCUT2D eigenvalue weighted by Crippen LogP contribution is -2.54. The predicted molar refractivity (Wildman–Crippen MR) is 187 cm³/mol. The molecule has 0 saturated carbocycles. The molecule has 2 amide bonds. The van der Waals surface area contributed by atoms with Crippen LogP contribution in [0.15, 0.2) is 75.8 Å². The van der Waals surface area contributed by atoms with Crippen molar-refractivity contribution in [3.63, 3.8) is 0 Å².